The van der Waals surface area contributed by atoms with Crippen LogP contribution in [-0.4, -0.2) is 34.5 Å². The van der Waals surface area contributed by atoms with E-state index in [9.17, 15) is 13.2 Å². The van der Waals surface area contributed by atoms with Gasteiger partial charge in [0.05, 0.1) is 11.4 Å². The van der Waals surface area contributed by atoms with Crippen LogP contribution in [0.25, 0.3) is 0 Å². The number of hydrogen-bond donors (Lipinski definition) is 3. The van der Waals surface area contributed by atoms with Gasteiger partial charge in [0.2, 0.25) is 15.9 Å². The van der Waals surface area contributed by atoms with E-state index in [4.69, 9.17) is 0 Å². The number of nitrogens with one attached hydrogen (secondary N) is 3. The topological polar surface area (TPSA) is 87.3 Å². The Balaban J connectivity index is 0.00000242. The van der Waals surface area contributed by atoms with Gasteiger partial charge in [0.15, 0.2) is 0 Å². The van der Waals surface area contributed by atoms with E-state index in [0.717, 1.165) is 6.54 Å². The molecule has 0 heterocycles. The number of benzene rings is 1. The van der Waals surface area contributed by atoms with Crippen molar-refractivity contribution < 1.29 is 13.2 Å². The predicted octanol–water partition coefficient (Wildman–Crippen LogP) is 1.26. The lowest BCUT2D eigenvalue weighted by Crippen LogP contribution is -2.30. The molecular weight excluding hydrogens is 326 g/mol. The van der Waals surface area contributed by atoms with Crippen LogP contribution in [-0.2, 0) is 14.8 Å². The molecule has 8 heteroatoms. The Morgan fingerprint density at radius 2 is 2.00 bits per heavy atom. The third-order valence-corrected chi connectivity index (χ3v) is 5.09. The van der Waals surface area contributed by atoms with Crippen molar-refractivity contribution in [1.29, 1.82) is 0 Å². The van der Waals surface area contributed by atoms with Gasteiger partial charge >= 0.3 is 0 Å². The Morgan fingerprint density at radius 1 is 1.32 bits per heavy atom. The van der Waals surface area contributed by atoms with Gasteiger partial charge in [-0.25, -0.2) is 13.1 Å². The third-order valence-electron chi connectivity index (χ3n) is 3.53. The monoisotopic (exact) mass is 347 g/mol. The first-order valence-corrected chi connectivity index (χ1v) is 8.46. The molecule has 22 heavy (non-hydrogen) atoms. The standard InChI is InChI=1S/C14H21N3O3S.ClH/c1-10-12(4-3-5-13(10)21(19,20)15-2)17-14(18)9-16-8-11-6-7-11;/h3-5,11,15-16H,6-9H2,1-2H3,(H,17,18);1H. The first kappa shape index (κ1) is 18.9. The number of carbonyl (C=O) groups excluding carboxylic acids is 1. The second-order valence-electron chi connectivity index (χ2n) is 5.26. The van der Waals surface area contributed by atoms with Crippen molar-refractivity contribution in [3.05, 3.63) is 23.8 Å². The van der Waals surface area contributed by atoms with Crippen LogP contribution in [0, 0.1) is 12.8 Å². The van der Waals surface area contributed by atoms with E-state index in [1.807, 2.05) is 0 Å². The van der Waals surface area contributed by atoms with Crippen molar-refractivity contribution in [1.82, 2.24) is 10.0 Å². The summed E-state index contributed by atoms with van der Waals surface area (Å²) >= 11 is 0. The molecule has 1 fully saturated rings. The van der Waals surface area contributed by atoms with Crippen LogP contribution >= 0.6 is 12.4 Å². The van der Waals surface area contributed by atoms with Crippen LogP contribution < -0.4 is 15.4 Å². The average Bonchev–Trinajstić information content (AvgIpc) is 3.25. The zero-order chi connectivity index (χ0) is 15.5. The molecule has 0 radical (unpaired) electrons. The molecule has 0 atom stereocenters. The second-order valence-corrected chi connectivity index (χ2v) is 7.11. The summed E-state index contributed by atoms with van der Waals surface area (Å²) in [4.78, 5) is 12.0. The van der Waals surface area contributed by atoms with E-state index in [1.165, 1.54) is 26.0 Å². The van der Waals surface area contributed by atoms with Gasteiger partial charge in [-0.3, -0.25) is 4.79 Å². The van der Waals surface area contributed by atoms with Gasteiger partial charge in [0.1, 0.15) is 0 Å². The average molecular weight is 348 g/mol. The number of hydrogen-bond acceptors (Lipinski definition) is 4. The fraction of sp³-hybridized carbons (Fsp3) is 0.500. The molecule has 1 aliphatic rings. The predicted molar refractivity (Wildman–Crippen MR) is 88.9 cm³/mol. The summed E-state index contributed by atoms with van der Waals surface area (Å²) in [7, 11) is -2.16. The molecular formula is C14H22ClN3O3S. The number of halogens is 1. The molecule has 0 aliphatic heterocycles. The number of anilines is 1. The highest BCUT2D eigenvalue weighted by Crippen LogP contribution is 2.27. The lowest BCUT2D eigenvalue weighted by molar-refractivity contribution is -0.115. The van der Waals surface area contributed by atoms with E-state index in [2.05, 4.69) is 15.4 Å². The third kappa shape index (κ3) is 4.95. The van der Waals surface area contributed by atoms with Crippen LogP contribution in [0.3, 0.4) is 0 Å². The molecule has 0 unspecified atom stereocenters. The lowest BCUT2D eigenvalue weighted by Gasteiger charge is -2.12. The number of sulfonamides is 1. The van der Waals surface area contributed by atoms with Crippen molar-refractivity contribution in [2.75, 3.05) is 25.5 Å². The van der Waals surface area contributed by atoms with Crippen molar-refractivity contribution in [2.45, 2.75) is 24.7 Å². The molecule has 0 saturated heterocycles. The fourth-order valence-corrected chi connectivity index (χ4v) is 3.05. The van der Waals surface area contributed by atoms with Gasteiger partial charge in [-0.15, -0.1) is 12.4 Å². The van der Waals surface area contributed by atoms with Crippen molar-refractivity contribution in [3.63, 3.8) is 0 Å². The second kappa shape index (κ2) is 7.92. The summed E-state index contributed by atoms with van der Waals surface area (Å²) in [5.74, 6) is 0.543. The Kier molecular flexibility index (Phi) is 6.80. The van der Waals surface area contributed by atoms with E-state index in [1.54, 1.807) is 19.1 Å². The summed E-state index contributed by atoms with van der Waals surface area (Å²) in [6.07, 6.45) is 2.47. The molecule has 1 aromatic rings. The van der Waals surface area contributed by atoms with Crippen molar-refractivity contribution in [3.8, 4) is 0 Å². The molecule has 1 aliphatic carbocycles. The molecule has 3 N–H and O–H groups in total. The summed E-state index contributed by atoms with van der Waals surface area (Å²) < 4.78 is 26.0. The highest BCUT2D eigenvalue weighted by atomic mass is 35.5. The summed E-state index contributed by atoms with van der Waals surface area (Å²) in [6.45, 7) is 2.77. The molecule has 1 saturated carbocycles. The first-order valence-electron chi connectivity index (χ1n) is 6.98. The minimum Gasteiger partial charge on any atom is -0.325 e. The summed E-state index contributed by atoms with van der Waals surface area (Å²) in [5, 5.41) is 5.85. The van der Waals surface area contributed by atoms with Crippen LogP contribution in [0.1, 0.15) is 18.4 Å². The minimum absolute atomic E-state index is 0. The molecule has 0 bridgehead atoms. The van der Waals surface area contributed by atoms with Crippen LogP contribution in [0.4, 0.5) is 5.69 Å². The summed E-state index contributed by atoms with van der Waals surface area (Å²) in [5.41, 5.74) is 1.05. The highest BCUT2D eigenvalue weighted by molar-refractivity contribution is 7.89. The Morgan fingerprint density at radius 3 is 2.59 bits per heavy atom. The van der Waals surface area contributed by atoms with Gasteiger partial charge in [0.25, 0.3) is 0 Å². The van der Waals surface area contributed by atoms with E-state index in [-0.39, 0.29) is 29.8 Å². The van der Waals surface area contributed by atoms with Gasteiger partial charge in [-0.05, 0) is 57.0 Å². The first-order chi connectivity index (χ1) is 9.94. The normalized spacial score (nSPS) is 14.3. The fourth-order valence-electron chi connectivity index (χ4n) is 2.06. The lowest BCUT2D eigenvalue weighted by atomic mass is 10.2. The molecule has 1 amide bonds. The maximum absolute atomic E-state index is 11.9. The Hall–Kier alpha value is -1.15. The van der Waals surface area contributed by atoms with Gasteiger partial charge in [0, 0.05) is 5.69 Å². The molecule has 0 spiro atoms. The molecule has 124 valence electrons. The largest absolute Gasteiger partial charge is 0.325 e. The van der Waals surface area contributed by atoms with E-state index < -0.39 is 10.0 Å². The molecule has 0 aromatic heterocycles. The van der Waals surface area contributed by atoms with Crippen molar-refractivity contribution >= 4 is 34.0 Å². The van der Waals surface area contributed by atoms with Crippen molar-refractivity contribution in [2.24, 2.45) is 5.92 Å². The Labute approximate surface area is 137 Å². The van der Waals surface area contributed by atoms with Crippen LogP contribution in [0.15, 0.2) is 23.1 Å². The van der Waals surface area contributed by atoms with E-state index >= 15 is 0 Å². The van der Waals surface area contributed by atoms with E-state index in [0.29, 0.717) is 17.2 Å². The SMILES string of the molecule is CNS(=O)(=O)c1cccc(NC(=O)CNCC2CC2)c1C.Cl. The summed E-state index contributed by atoms with van der Waals surface area (Å²) in [6, 6.07) is 4.83. The Bertz CT molecular complexity index is 630. The molecule has 2 rings (SSSR count). The maximum atomic E-state index is 11.9. The number of carbonyl (C=O) groups is 1. The van der Waals surface area contributed by atoms with Crippen LogP contribution in [0.5, 0.6) is 0 Å². The maximum Gasteiger partial charge on any atom is 0.240 e. The smallest absolute Gasteiger partial charge is 0.240 e. The van der Waals surface area contributed by atoms with Gasteiger partial charge in [-0.2, -0.15) is 0 Å². The number of rotatable bonds is 7. The quantitative estimate of drug-likeness (QED) is 0.693. The number of amides is 1. The van der Waals surface area contributed by atoms with Gasteiger partial charge in [-0.1, -0.05) is 6.07 Å². The molecule has 6 nitrogen and oxygen atoms in total. The van der Waals surface area contributed by atoms with Gasteiger partial charge < -0.3 is 10.6 Å². The zero-order valence-corrected chi connectivity index (χ0v) is 14.3. The zero-order valence-electron chi connectivity index (χ0n) is 12.7. The van der Waals surface area contributed by atoms with Crippen LogP contribution in [0.2, 0.25) is 0 Å². The molecule has 1 aromatic carbocycles. The highest BCUT2D eigenvalue weighted by Gasteiger charge is 2.21. The minimum atomic E-state index is -3.52.